The largest absolute Gasteiger partial charge is 0.342 e. The fraction of sp³-hybridized carbons (Fsp3) is 0.833. The number of nitrogens with zero attached hydrogens (tertiary/aromatic N) is 1. The molecule has 1 N–H and O–H groups in total. The Morgan fingerprint density at radius 1 is 1.21 bits per heavy atom. The number of carbonyl (C=O) groups is 2. The Hall–Kier alpha value is -1.11. The normalized spacial score (nSPS) is 34.4. The van der Waals surface area contributed by atoms with Gasteiger partial charge in [-0.05, 0) is 31.1 Å². The molecule has 2 aliphatic heterocycles. The van der Waals surface area contributed by atoms with E-state index in [1.54, 1.807) is 4.90 Å². The summed E-state index contributed by atoms with van der Waals surface area (Å²) in [7, 11) is -2.93. The maximum absolute atomic E-state index is 12.3. The quantitative estimate of drug-likeness (QED) is 0.733. The Morgan fingerprint density at radius 3 is 2.53 bits per heavy atom. The molecule has 2 saturated heterocycles. The number of piperazine rings is 1. The van der Waals surface area contributed by atoms with E-state index < -0.39 is 9.84 Å². The molecule has 19 heavy (non-hydrogen) atoms. The van der Waals surface area contributed by atoms with Crippen molar-refractivity contribution in [1.82, 2.24) is 10.2 Å². The number of nitrogens with one attached hydrogen (secondary N) is 1. The third-order valence-electron chi connectivity index (χ3n) is 4.13. The van der Waals surface area contributed by atoms with Crippen LogP contribution in [-0.4, -0.2) is 55.8 Å². The Labute approximate surface area is 112 Å². The predicted molar refractivity (Wildman–Crippen MR) is 68.0 cm³/mol. The number of hydrogen-bond acceptors (Lipinski definition) is 4. The van der Waals surface area contributed by atoms with Crippen molar-refractivity contribution < 1.29 is 18.0 Å². The first kappa shape index (κ1) is 12.9. The minimum absolute atomic E-state index is 0.0142. The average Bonchev–Trinajstić information content (AvgIpc) is 3.09. The van der Waals surface area contributed by atoms with Crippen LogP contribution in [0.4, 0.5) is 0 Å². The predicted octanol–water partition coefficient (Wildman–Crippen LogP) is -0.842. The van der Waals surface area contributed by atoms with Crippen molar-refractivity contribution in [3.05, 3.63) is 0 Å². The van der Waals surface area contributed by atoms with Gasteiger partial charge in [0.1, 0.15) is 6.04 Å². The highest BCUT2D eigenvalue weighted by atomic mass is 32.2. The zero-order valence-electron chi connectivity index (χ0n) is 10.7. The molecule has 0 bridgehead atoms. The van der Waals surface area contributed by atoms with E-state index in [2.05, 4.69) is 5.32 Å². The molecule has 2 heterocycles. The van der Waals surface area contributed by atoms with Crippen molar-refractivity contribution in [2.75, 3.05) is 24.6 Å². The van der Waals surface area contributed by atoms with Gasteiger partial charge in [0.2, 0.25) is 11.8 Å². The minimum Gasteiger partial charge on any atom is -0.342 e. The summed E-state index contributed by atoms with van der Waals surface area (Å²) < 4.78 is 22.9. The summed E-state index contributed by atoms with van der Waals surface area (Å²) in [6.07, 6.45) is 2.58. The van der Waals surface area contributed by atoms with Crippen molar-refractivity contribution in [1.29, 1.82) is 0 Å². The van der Waals surface area contributed by atoms with Gasteiger partial charge in [-0.2, -0.15) is 0 Å². The molecule has 0 radical (unpaired) electrons. The van der Waals surface area contributed by atoms with E-state index in [1.807, 2.05) is 0 Å². The smallest absolute Gasteiger partial charge is 0.245 e. The van der Waals surface area contributed by atoms with Crippen molar-refractivity contribution in [2.24, 2.45) is 11.8 Å². The second kappa shape index (κ2) is 4.47. The molecule has 6 nitrogen and oxygen atoms in total. The van der Waals surface area contributed by atoms with Crippen LogP contribution in [0.1, 0.15) is 19.3 Å². The minimum atomic E-state index is -2.93. The summed E-state index contributed by atoms with van der Waals surface area (Å²) >= 11 is 0. The average molecular weight is 286 g/mol. The van der Waals surface area contributed by atoms with E-state index in [1.165, 1.54) is 0 Å². The zero-order valence-corrected chi connectivity index (χ0v) is 11.5. The van der Waals surface area contributed by atoms with Crippen molar-refractivity contribution in [3.63, 3.8) is 0 Å². The van der Waals surface area contributed by atoms with Gasteiger partial charge >= 0.3 is 0 Å². The van der Waals surface area contributed by atoms with E-state index in [-0.39, 0.29) is 47.7 Å². The Bertz CT molecular complexity index is 512. The van der Waals surface area contributed by atoms with Crippen LogP contribution in [0, 0.1) is 11.8 Å². The lowest BCUT2D eigenvalue weighted by atomic mass is 10.0. The van der Waals surface area contributed by atoms with Gasteiger partial charge in [0.25, 0.3) is 0 Å². The molecule has 3 rings (SSSR count). The van der Waals surface area contributed by atoms with E-state index in [9.17, 15) is 18.0 Å². The molecule has 2 unspecified atom stereocenters. The van der Waals surface area contributed by atoms with Crippen LogP contribution in [0.5, 0.6) is 0 Å². The topological polar surface area (TPSA) is 83.6 Å². The zero-order chi connectivity index (χ0) is 13.6. The number of sulfone groups is 1. The number of hydrogen-bond donors (Lipinski definition) is 1. The van der Waals surface area contributed by atoms with Crippen LogP contribution in [0.2, 0.25) is 0 Å². The van der Waals surface area contributed by atoms with Gasteiger partial charge in [-0.25, -0.2) is 8.42 Å². The number of amides is 2. The van der Waals surface area contributed by atoms with E-state index in [0.717, 1.165) is 12.8 Å². The fourth-order valence-electron chi connectivity index (χ4n) is 2.96. The molecule has 3 fully saturated rings. The van der Waals surface area contributed by atoms with E-state index in [4.69, 9.17) is 0 Å². The number of rotatable bonds is 3. The van der Waals surface area contributed by atoms with Gasteiger partial charge in [0, 0.05) is 6.54 Å². The summed E-state index contributed by atoms with van der Waals surface area (Å²) in [5.41, 5.74) is 0. The SMILES string of the molecule is O=C1CN(CC2CCS(=O)(=O)C2)C(=O)C(C2CC2)N1. The first-order chi connectivity index (χ1) is 8.94. The summed E-state index contributed by atoms with van der Waals surface area (Å²) in [6.45, 7) is 0.466. The molecule has 2 amide bonds. The van der Waals surface area contributed by atoms with E-state index >= 15 is 0 Å². The Morgan fingerprint density at radius 2 is 1.95 bits per heavy atom. The highest BCUT2D eigenvalue weighted by Crippen LogP contribution is 2.34. The lowest BCUT2D eigenvalue weighted by Crippen LogP contribution is -2.59. The highest BCUT2D eigenvalue weighted by Gasteiger charge is 2.43. The molecule has 106 valence electrons. The van der Waals surface area contributed by atoms with Crippen LogP contribution in [0.15, 0.2) is 0 Å². The number of carbonyl (C=O) groups excluding carboxylic acids is 2. The highest BCUT2D eigenvalue weighted by molar-refractivity contribution is 7.91. The third kappa shape index (κ3) is 2.75. The van der Waals surface area contributed by atoms with Crippen LogP contribution in [0.3, 0.4) is 0 Å². The first-order valence-electron chi connectivity index (χ1n) is 6.73. The van der Waals surface area contributed by atoms with Crippen LogP contribution < -0.4 is 5.32 Å². The van der Waals surface area contributed by atoms with Gasteiger partial charge in [0.05, 0.1) is 18.1 Å². The summed E-state index contributed by atoms with van der Waals surface area (Å²) in [4.78, 5) is 25.5. The lowest BCUT2D eigenvalue weighted by molar-refractivity contribution is -0.145. The van der Waals surface area contributed by atoms with Crippen molar-refractivity contribution in [3.8, 4) is 0 Å². The third-order valence-corrected chi connectivity index (χ3v) is 5.96. The maximum Gasteiger partial charge on any atom is 0.245 e. The summed E-state index contributed by atoms with van der Waals surface area (Å²) in [5, 5.41) is 2.75. The van der Waals surface area contributed by atoms with Gasteiger partial charge < -0.3 is 10.2 Å². The van der Waals surface area contributed by atoms with Crippen LogP contribution in [-0.2, 0) is 19.4 Å². The molecular weight excluding hydrogens is 268 g/mol. The second-order valence-corrected chi connectivity index (χ2v) is 8.10. The summed E-state index contributed by atoms with van der Waals surface area (Å²) in [5.74, 6) is 0.458. The fourth-order valence-corrected chi connectivity index (χ4v) is 4.81. The monoisotopic (exact) mass is 286 g/mol. The summed E-state index contributed by atoms with van der Waals surface area (Å²) in [6, 6.07) is -0.376. The van der Waals surface area contributed by atoms with Gasteiger partial charge in [0.15, 0.2) is 9.84 Å². The van der Waals surface area contributed by atoms with Gasteiger partial charge in [-0.15, -0.1) is 0 Å². The second-order valence-electron chi connectivity index (χ2n) is 5.87. The molecule has 2 atom stereocenters. The standard InChI is InChI=1S/C12H18N2O4S/c15-10-6-14(5-8-3-4-19(17,18)7-8)12(16)11(13-10)9-1-2-9/h8-9,11H,1-7H2,(H,13,15). The van der Waals surface area contributed by atoms with Crippen LogP contribution in [0.25, 0.3) is 0 Å². The Balaban J connectivity index is 1.66. The Kier molecular flexibility index (Phi) is 3.03. The molecule has 1 saturated carbocycles. The molecule has 3 aliphatic rings. The first-order valence-corrected chi connectivity index (χ1v) is 8.55. The molecule has 0 spiro atoms. The molecule has 0 aromatic heterocycles. The van der Waals surface area contributed by atoms with E-state index in [0.29, 0.717) is 13.0 Å². The van der Waals surface area contributed by atoms with Crippen molar-refractivity contribution >= 4 is 21.7 Å². The van der Waals surface area contributed by atoms with Gasteiger partial charge in [-0.1, -0.05) is 0 Å². The van der Waals surface area contributed by atoms with Crippen LogP contribution >= 0.6 is 0 Å². The molecular formula is C12H18N2O4S. The molecule has 1 aliphatic carbocycles. The van der Waals surface area contributed by atoms with Gasteiger partial charge in [-0.3, -0.25) is 9.59 Å². The van der Waals surface area contributed by atoms with Crippen molar-refractivity contribution in [2.45, 2.75) is 25.3 Å². The maximum atomic E-state index is 12.3. The molecule has 0 aromatic rings. The molecule has 7 heteroatoms. The molecule has 0 aromatic carbocycles. The lowest BCUT2D eigenvalue weighted by Gasteiger charge is -2.34.